The molecular formula is C17H26N2O4. The summed E-state index contributed by atoms with van der Waals surface area (Å²) >= 11 is 0. The zero-order valence-corrected chi connectivity index (χ0v) is 14.1. The first-order chi connectivity index (χ1) is 10.8. The summed E-state index contributed by atoms with van der Waals surface area (Å²) in [5.41, 5.74) is 6.69. The Kier molecular flexibility index (Phi) is 7.03. The second kappa shape index (κ2) is 8.53. The fourth-order valence-corrected chi connectivity index (χ4v) is 2.33. The van der Waals surface area contributed by atoms with Crippen molar-refractivity contribution in [1.82, 2.24) is 5.32 Å². The molecule has 0 fully saturated rings. The SMILES string of the molecule is CCOc1ccc(C(=O)C(C)NC(CC(C)C)C(=O)O)cc1N. The Morgan fingerprint density at radius 2 is 1.96 bits per heavy atom. The summed E-state index contributed by atoms with van der Waals surface area (Å²) in [6.45, 7) is 7.88. The van der Waals surface area contributed by atoms with Gasteiger partial charge in [-0.15, -0.1) is 0 Å². The van der Waals surface area contributed by atoms with E-state index in [0.29, 0.717) is 30.0 Å². The number of ether oxygens (including phenoxy) is 1. The van der Waals surface area contributed by atoms with Gasteiger partial charge in [0.2, 0.25) is 0 Å². The molecule has 0 saturated heterocycles. The number of rotatable bonds is 9. The van der Waals surface area contributed by atoms with Gasteiger partial charge in [0.05, 0.1) is 18.3 Å². The predicted octanol–water partition coefficient (Wildman–Crippen LogP) is 2.33. The van der Waals surface area contributed by atoms with Crippen LogP contribution in [0.1, 0.15) is 44.5 Å². The highest BCUT2D eigenvalue weighted by Gasteiger charge is 2.24. The minimum Gasteiger partial charge on any atom is -0.492 e. The highest BCUT2D eigenvalue weighted by atomic mass is 16.5. The van der Waals surface area contributed by atoms with Crippen molar-refractivity contribution in [3.05, 3.63) is 23.8 Å². The van der Waals surface area contributed by atoms with Gasteiger partial charge in [0, 0.05) is 5.56 Å². The topological polar surface area (TPSA) is 102 Å². The number of carbonyl (C=O) groups is 2. The fourth-order valence-electron chi connectivity index (χ4n) is 2.33. The van der Waals surface area contributed by atoms with Crippen molar-refractivity contribution in [2.24, 2.45) is 5.92 Å². The van der Waals surface area contributed by atoms with Crippen molar-refractivity contribution < 1.29 is 19.4 Å². The Balaban J connectivity index is 2.83. The van der Waals surface area contributed by atoms with Gasteiger partial charge in [-0.05, 0) is 44.4 Å². The van der Waals surface area contributed by atoms with E-state index in [1.165, 1.54) is 0 Å². The molecule has 2 atom stereocenters. The molecule has 128 valence electrons. The third-order valence-electron chi connectivity index (χ3n) is 3.44. The van der Waals surface area contributed by atoms with Gasteiger partial charge in [-0.1, -0.05) is 13.8 Å². The molecule has 6 heteroatoms. The summed E-state index contributed by atoms with van der Waals surface area (Å²) in [6, 6.07) is 3.48. The molecule has 0 amide bonds. The van der Waals surface area contributed by atoms with Gasteiger partial charge in [0.15, 0.2) is 5.78 Å². The van der Waals surface area contributed by atoms with Crippen LogP contribution in [-0.2, 0) is 4.79 Å². The summed E-state index contributed by atoms with van der Waals surface area (Å²) < 4.78 is 5.34. The standard InChI is InChI=1S/C17H26N2O4/c1-5-23-15-7-6-12(9-13(15)18)16(20)11(4)19-14(17(21)22)8-10(2)3/h6-7,9-11,14,19H,5,8,18H2,1-4H3,(H,21,22). The van der Waals surface area contributed by atoms with Crippen LogP contribution in [0, 0.1) is 5.92 Å². The lowest BCUT2D eigenvalue weighted by Gasteiger charge is -2.21. The molecule has 1 aromatic rings. The van der Waals surface area contributed by atoms with E-state index in [2.05, 4.69) is 5.32 Å². The van der Waals surface area contributed by atoms with Gasteiger partial charge in [0.1, 0.15) is 11.8 Å². The number of carboxylic acids is 1. The Morgan fingerprint density at radius 1 is 1.30 bits per heavy atom. The van der Waals surface area contributed by atoms with Crippen LogP contribution in [-0.4, -0.2) is 35.5 Å². The van der Waals surface area contributed by atoms with Gasteiger partial charge in [-0.25, -0.2) is 0 Å². The van der Waals surface area contributed by atoms with Gasteiger partial charge < -0.3 is 15.6 Å². The van der Waals surface area contributed by atoms with E-state index in [0.717, 1.165) is 0 Å². The molecule has 0 aliphatic heterocycles. The van der Waals surface area contributed by atoms with E-state index >= 15 is 0 Å². The molecule has 2 unspecified atom stereocenters. The number of carbonyl (C=O) groups excluding carboxylic acids is 1. The minimum atomic E-state index is -0.954. The molecule has 0 spiro atoms. The van der Waals surface area contributed by atoms with Crippen molar-refractivity contribution in [1.29, 1.82) is 0 Å². The number of aliphatic carboxylic acids is 1. The Morgan fingerprint density at radius 3 is 2.43 bits per heavy atom. The molecule has 0 aromatic heterocycles. The second-order valence-electron chi connectivity index (χ2n) is 5.96. The van der Waals surface area contributed by atoms with E-state index in [1.807, 2.05) is 20.8 Å². The maximum absolute atomic E-state index is 12.5. The Hall–Kier alpha value is -2.08. The molecule has 0 saturated carbocycles. The van der Waals surface area contributed by atoms with E-state index < -0.39 is 18.1 Å². The number of nitrogens with one attached hydrogen (secondary N) is 1. The van der Waals surface area contributed by atoms with Gasteiger partial charge in [-0.2, -0.15) is 0 Å². The first kappa shape index (κ1) is 19.0. The average Bonchev–Trinajstić information content (AvgIpc) is 2.47. The van der Waals surface area contributed by atoms with Crippen LogP contribution in [0.3, 0.4) is 0 Å². The zero-order chi connectivity index (χ0) is 17.6. The number of nitrogen functional groups attached to an aromatic ring is 1. The molecular weight excluding hydrogens is 296 g/mol. The molecule has 23 heavy (non-hydrogen) atoms. The van der Waals surface area contributed by atoms with Crippen LogP contribution in [0.5, 0.6) is 5.75 Å². The number of hydrogen-bond acceptors (Lipinski definition) is 5. The highest BCUT2D eigenvalue weighted by molar-refractivity contribution is 6.01. The van der Waals surface area contributed by atoms with Gasteiger partial charge >= 0.3 is 5.97 Å². The van der Waals surface area contributed by atoms with E-state index in [1.54, 1.807) is 25.1 Å². The minimum absolute atomic E-state index is 0.199. The van der Waals surface area contributed by atoms with Crippen molar-refractivity contribution >= 4 is 17.4 Å². The number of Topliss-reactive ketones (excluding diaryl/α,β-unsaturated/α-hetero) is 1. The predicted molar refractivity (Wildman–Crippen MR) is 89.8 cm³/mol. The molecule has 1 aromatic carbocycles. The Labute approximate surface area is 137 Å². The van der Waals surface area contributed by atoms with E-state index in [9.17, 15) is 14.7 Å². The van der Waals surface area contributed by atoms with Crippen LogP contribution in [0.4, 0.5) is 5.69 Å². The van der Waals surface area contributed by atoms with Crippen molar-refractivity contribution in [3.8, 4) is 5.75 Å². The van der Waals surface area contributed by atoms with Crippen LogP contribution < -0.4 is 15.8 Å². The lowest BCUT2D eigenvalue weighted by Crippen LogP contribution is -2.46. The van der Waals surface area contributed by atoms with Gasteiger partial charge in [0.25, 0.3) is 0 Å². The third kappa shape index (κ3) is 5.56. The molecule has 0 aliphatic carbocycles. The molecule has 0 radical (unpaired) electrons. The monoisotopic (exact) mass is 322 g/mol. The number of ketones is 1. The summed E-state index contributed by atoms with van der Waals surface area (Å²) in [7, 11) is 0. The third-order valence-corrected chi connectivity index (χ3v) is 3.44. The Bertz CT molecular complexity index is 558. The summed E-state index contributed by atoms with van der Waals surface area (Å²) in [6.07, 6.45) is 0.457. The number of hydrogen-bond donors (Lipinski definition) is 3. The molecule has 6 nitrogen and oxygen atoms in total. The fraction of sp³-hybridized carbons (Fsp3) is 0.529. The van der Waals surface area contributed by atoms with E-state index in [4.69, 9.17) is 10.5 Å². The summed E-state index contributed by atoms with van der Waals surface area (Å²) in [5, 5.41) is 12.1. The lowest BCUT2D eigenvalue weighted by molar-refractivity contribution is -0.140. The molecule has 1 rings (SSSR count). The quantitative estimate of drug-likeness (QED) is 0.476. The first-order valence-electron chi connectivity index (χ1n) is 7.81. The van der Waals surface area contributed by atoms with Crippen LogP contribution in [0.15, 0.2) is 18.2 Å². The number of benzene rings is 1. The normalized spacial score (nSPS) is 13.6. The maximum Gasteiger partial charge on any atom is 0.320 e. The number of carboxylic acid groups (broad SMARTS) is 1. The van der Waals surface area contributed by atoms with Crippen LogP contribution in [0.25, 0.3) is 0 Å². The number of nitrogens with two attached hydrogens (primary N) is 1. The first-order valence-corrected chi connectivity index (χ1v) is 7.81. The lowest BCUT2D eigenvalue weighted by atomic mass is 10.00. The highest BCUT2D eigenvalue weighted by Crippen LogP contribution is 2.23. The largest absolute Gasteiger partial charge is 0.492 e. The van der Waals surface area contributed by atoms with Crippen molar-refractivity contribution in [2.45, 2.75) is 46.2 Å². The molecule has 0 aliphatic rings. The van der Waals surface area contributed by atoms with E-state index in [-0.39, 0.29) is 11.7 Å². The van der Waals surface area contributed by atoms with Gasteiger partial charge in [-0.3, -0.25) is 14.9 Å². The zero-order valence-electron chi connectivity index (χ0n) is 14.1. The smallest absolute Gasteiger partial charge is 0.320 e. The molecule has 4 N–H and O–H groups in total. The van der Waals surface area contributed by atoms with Crippen molar-refractivity contribution in [2.75, 3.05) is 12.3 Å². The maximum atomic E-state index is 12.5. The number of anilines is 1. The molecule has 0 bridgehead atoms. The molecule has 0 heterocycles. The summed E-state index contributed by atoms with van der Waals surface area (Å²) in [5.74, 6) is -0.404. The van der Waals surface area contributed by atoms with Crippen LogP contribution in [0.2, 0.25) is 0 Å². The second-order valence-corrected chi connectivity index (χ2v) is 5.96. The average molecular weight is 322 g/mol. The van der Waals surface area contributed by atoms with Crippen molar-refractivity contribution in [3.63, 3.8) is 0 Å². The summed E-state index contributed by atoms with van der Waals surface area (Å²) in [4.78, 5) is 23.7. The van der Waals surface area contributed by atoms with Crippen LogP contribution >= 0.6 is 0 Å².